The van der Waals surface area contributed by atoms with Crippen LogP contribution in [0.4, 0.5) is 0 Å². The van der Waals surface area contributed by atoms with E-state index in [1.807, 2.05) is 13.1 Å². The Bertz CT molecular complexity index is 290. The number of rotatable bonds is 6. The van der Waals surface area contributed by atoms with E-state index < -0.39 is 0 Å². The second kappa shape index (κ2) is 6.17. The molecule has 1 aromatic heterocycles. The van der Waals surface area contributed by atoms with E-state index in [-0.39, 0.29) is 6.04 Å². The number of nitrogens with two attached hydrogens (primary N) is 1. The van der Waals surface area contributed by atoms with E-state index >= 15 is 0 Å². The molecule has 0 saturated carbocycles. The van der Waals surface area contributed by atoms with Gasteiger partial charge in [0.15, 0.2) is 0 Å². The van der Waals surface area contributed by atoms with E-state index in [0.29, 0.717) is 5.92 Å². The Morgan fingerprint density at radius 2 is 2.40 bits per heavy atom. The summed E-state index contributed by atoms with van der Waals surface area (Å²) < 4.78 is 5.07. The summed E-state index contributed by atoms with van der Waals surface area (Å²) in [4.78, 5) is 5.43. The Balaban J connectivity index is 2.62. The summed E-state index contributed by atoms with van der Waals surface area (Å²) >= 11 is 1.69. The molecular weight excluding hydrogens is 210 g/mol. The fourth-order valence-corrected chi connectivity index (χ4v) is 2.50. The van der Waals surface area contributed by atoms with Crippen LogP contribution in [0.3, 0.4) is 0 Å². The molecule has 86 valence electrons. The van der Waals surface area contributed by atoms with Crippen LogP contribution in [0.5, 0.6) is 0 Å². The first-order chi connectivity index (χ1) is 7.19. The highest BCUT2D eigenvalue weighted by atomic mass is 32.1. The zero-order valence-electron chi connectivity index (χ0n) is 9.49. The normalized spacial score (nSPS) is 15.2. The van der Waals surface area contributed by atoms with Crippen LogP contribution >= 0.6 is 11.3 Å². The second-order valence-corrected chi connectivity index (χ2v) is 4.95. The van der Waals surface area contributed by atoms with Gasteiger partial charge < -0.3 is 4.74 Å². The summed E-state index contributed by atoms with van der Waals surface area (Å²) in [6.45, 7) is 4.93. The van der Waals surface area contributed by atoms with Crippen molar-refractivity contribution < 1.29 is 4.74 Å². The van der Waals surface area contributed by atoms with Crippen molar-refractivity contribution in [2.45, 2.75) is 26.3 Å². The SMILES string of the molecule is COCCC(C)C(NN)c1cnc(C)s1. The fraction of sp³-hybridized carbons (Fsp3) is 0.700. The molecule has 5 heteroatoms. The molecule has 2 unspecified atom stereocenters. The van der Waals surface area contributed by atoms with Crippen molar-refractivity contribution in [1.82, 2.24) is 10.4 Å². The molecule has 0 spiro atoms. The van der Waals surface area contributed by atoms with Crippen molar-refractivity contribution in [3.05, 3.63) is 16.1 Å². The minimum absolute atomic E-state index is 0.173. The van der Waals surface area contributed by atoms with Gasteiger partial charge in [-0.3, -0.25) is 11.3 Å². The quantitative estimate of drug-likeness (QED) is 0.575. The Kier molecular flexibility index (Phi) is 5.17. The number of aromatic nitrogens is 1. The van der Waals surface area contributed by atoms with Crippen LogP contribution in [-0.2, 0) is 4.74 Å². The zero-order chi connectivity index (χ0) is 11.3. The molecule has 1 heterocycles. The number of thiazole rings is 1. The van der Waals surface area contributed by atoms with Crippen LogP contribution in [-0.4, -0.2) is 18.7 Å². The molecule has 0 fully saturated rings. The van der Waals surface area contributed by atoms with Crippen molar-refractivity contribution >= 4 is 11.3 Å². The molecule has 1 rings (SSSR count). The smallest absolute Gasteiger partial charge is 0.0897 e. The van der Waals surface area contributed by atoms with Gasteiger partial charge in [0.25, 0.3) is 0 Å². The van der Waals surface area contributed by atoms with E-state index in [1.54, 1.807) is 18.4 Å². The lowest BCUT2D eigenvalue weighted by Gasteiger charge is -2.21. The van der Waals surface area contributed by atoms with Crippen LogP contribution in [0.15, 0.2) is 6.20 Å². The zero-order valence-corrected chi connectivity index (χ0v) is 10.3. The topological polar surface area (TPSA) is 60.2 Å². The van der Waals surface area contributed by atoms with E-state index in [2.05, 4.69) is 17.3 Å². The van der Waals surface area contributed by atoms with Gasteiger partial charge in [-0.05, 0) is 19.3 Å². The van der Waals surface area contributed by atoms with Crippen LogP contribution < -0.4 is 11.3 Å². The predicted molar refractivity (Wildman–Crippen MR) is 62.6 cm³/mol. The fourth-order valence-electron chi connectivity index (χ4n) is 1.52. The van der Waals surface area contributed by atoms with Crippen molar-refractivity contribution in [3.63, 3.8) is 0 Å². The largest absolute Gasteiger partial charge is 0.385 e. The molecule has 2 atom stereocenters. The Morgan fingerprint density at radius 1 is 1.67 bits per heavy atom. The van der Waals surface area contributed by atoms with Crippen molar-refractivity contribution in [1.29, 1.82) is 0 Å². The number of hydrazine groups is 1. The third-order valence-corrected chi connectivity index (χ3v) is 3.47. The summed E-state index contributed by atoms with van der Waals surface area (Å²) in [5.74, 6) is 6.01. The number of nitrogens with zero attached hydrogens (tertiary/aromatic N) is 1. The maximum Gasteiger partial charge on any atom is 0.0897 e. The summed E-state index contributed by atoms with van der Waals surface area (Å²) in [7, 11) is 1.72. The lowest BCUT2D eigenvalue weighted by molar-refractivity contribution is 0.170. The average molecular weight is 229 g/mol. The third kappa shape index (κ3) is 3.53. The van der Waals surface area contributed by atoms with Gasteiger partial charge in [0, 0.05) is 24.8 Å². The minimum Gasteiger partial charge on any atom is -0.385 e. The second-order valence-electron chi connectivity index (χ2n) is 3.68. The maximum atomic E-state index is 5.57. The van der Waals surface area contributed by atoms with Gasteiger partial charge in [-0.2, -0.15) is 0 Å². The number of hydrogen-bond donors (Lipinski definition) is 2. The summed E-state index contributed by atoms with van der Waals surface area (Å²) in [6, 6.07) is 0.173. The molecular formula is C10H19N3OS. The van der Waals surface area contributed by atoms with E-state index in [1.165, 1.54) is 4.88 Å². The first-order valence-corrected chi connectivity index (χ1v) is 5.88. The van der Waals surface area contributed by atoms with Gasteiger partial charge in [0.1, 0.15) is 0 Å². The maximum absolute atomic E-state index is 5.57. The van der Waals surface area contributed by atoms with E-state index in [4.69, 9.17) is 10.6 Å². The van der Waals surface area contributed by atoms with E-state index in [9.17, 15) is 0 Å². The molecule has 0 aliphatic rings. The summed E-state index contributed by atoms with van der Waals surface area (Å²) in [5.41, 5.74) is 2.86. The van der Waals surface area contributed by atoms with Gasteiger partial charge in [0.2, 0.25) is 0 Å². The molecule has 3 N–H and O–H groups in total. The molecule has 1 aromatic rings. The Morgan fingerprint density at radius 3 is 2.87 bits per heavy atom. The number of methoxy groups -OCH3 is 1. The standard InChI is InChI=1S/C10H19N3OS/c1-7(4-5-14-3)10(13-11)9-6-12-8(2)15-9/h6-7,10,13H,4-5,11H2,1-3H3. The van der Waals surface area contributed by atoms with Gasteiger partial charge in [-0.1, -0.05) is 6.92 Å². The molecule has 0 aliphatic heterocycles. The van der Waals surface area contributed by atoms with Crippen LogP contribution in [0.2, 0.25) is 0 Å². The molecule has 0 aliphatic carbocycles. The van der Waals surface area contributed by atoms with Crippen molar-refractivity contribution in [3.8, 4) is 0 Å². The highest BCUT2D eigenvalue weighted by Gasteiger charge is 2.19. The highest BCUT2D eigenvalue weighted by molar-refractivity contribution is 7.11. The van der Waals surface area contributed by atoms with E-state index in [0.717, 1.165) is 18.0 Å². The predicted octanol–water partition coefficient (Wildman–Crippen LogP) is 1.63. The molecule has 0 amide bonds. The summed E-state index contributed by atoms with van der Waals surface area (Å²) in [6.07, 6.45) is 2.89. The minimum atomic E-state index is 0.173. The molecule has 4 nitrogen and oxygen atoms in total. The molecule has 0 aromatic carbocycles. The summed E-state index contributed by atoms with van der Waals surface area (Å²) in [5, 5.41) is 1.07. The van der Waals surface area contributed by atoms with Gasteiger partial charge >= 0.3 is 0 Å². The van der Waals surface area contributed by atoms with Gasteiger partial charge in [0.05, 0.1) is 11.0 Å². The lowest BCUT2D eigenvalue weighted by atomic mass is 9.98. The van der Waals surface area contributed by atoms with Crippen LogP contribution in [0.1, 0.15) is 29.3 Å². The Hall–Kier alpha value is -0.490. The molecule has 0 radical (unpaired) electrons. The Labute approximate surface area is 94.8 Å². The number of aryl methyl sites for hydroxylation is 1. The first kappa shape index (κ1) is 12.6. The van der Waals surface area contributed by atoms with Gasteiger partial charge in [-0.25, -0.2) is 4.98 Å². The first-order valence-electron chi connectivity index (χ1n) is 5.06. The number of nitrogens with one attached hydrogen (secondary N) is 1. The van der Waals surface area contributed by atoms with Crippen molar-refractivity contribution in [2.24, 2.45) is 11.8 Å². The molecule has 15 heavy (non-hydrogen) atoms. The number of hydrogen-bond acceptors (Lipinski definition) is 5. The molecule has 0 saturated heterocycles. The van der Waals surface area contributed by atoms with Crippen molar-refractivity contribution in [2.75, 3.05) is 13.7 Å². The monoisotopic (exact) mass is 229 g/mol. The van der Waals surface area contributed by atoms with Gasteiger partial charge in [-0.15, -0.1) is 11.3 Å². The van der Waals surface area contributed by atoms with Crippen LogP contribution in [0, 0.1) is 12.8 Å². The lowest BCUT2D eigenvalue weighted by Crippen LogP contribution is -2.32. The average Bonchev–Trinajstić information content (AvgIpc) is 2.63. The third-order valence-electron chi connectivity index (χ3n) is 2.47. The van der Waals surface area contributed by atoms with Crippen LogP contribution in [0.25, 0.3) is 0 Å². The molecule has 0 bridgehead atoms. The highest BCUT2D eigenvalue weighted by Crippen LogP contribution is 2.27. The number of ether oxygens (including phenoxy) is 1.